The molecule has 2 rings (SSSR count). The van der Waals surface area contributed by atoms with Gasteiger partial charge in [-0.2, -0.15) is 0 Å². The maximum atomic E-state index is 3.37. The van der Waals surface area contributed by atoms with Crippen LogP contribution in [0.4, 0.5) is 0 Å². The van der Waals surface area contributed by atoms with Crippen LogP contribution in [0, 0.1) is 0 Å². The summed E-state index contributed by atoms with van der Waals surface area (Å²) in [6.45, 7) is 13.3. The lowest BCUT2D eigenvalue weighted by molar-refractivity contribution is 0.0360. The lowest BCUT2D eigenvalue weighted by Crippen LogP contribution is -2.57. The number of piperazine rings is 1. The largest absolute Gasteiger partial charge is 0.313 e. The summed E-state index contributed by atoms with van der Waals surface area (Å²) in [5.74, 6) is 0. The summed E-state index contributed by atoms with van der Waals surface area (Å²) >= 11 is 0. The molecule has 0 bridgehead atoms. The molecular formula is C17H29N3. The number of likely N-dealkylation sites (N-methyl/N-ethyl adjacent to an activating group) is 1. The van der Waals surface area contributed by atoms with Crippen LogP contribution in [0.2, 0.25) is 0 Å². The highest BCUT2D eigenvalue weighted by Crippen LogP contribution is 2.20. The summed E-state index contributed by atoms with van der Waals surface area (Å²) in [5, 5.41) is 3.37. The third kappa shape index (κ3) is 4.05. The van der Waals surface area contributed by atoms with Crippen molar-refractivity contribution in [2.45, 2.75) is 39.4 Å². The van der Waals surface area contributed by atoms with E-state index < -0.39 is 0 Å². The molecule has 1 aromatic rings. The van der Waals surface area contributed by atoms with Crippen molar-refractivity contribution in [2.75, 3.05) is 33.2 Å². The first kappa shape index (κ1) is 15.5. The quantitative estimate of drug-likeness (QED) is 0.890. The van der Waals surface area contributed by atoms with E-state index in [1.807, 2.05) is 0 Å². The Bertz CT molecular complexity index is 411. The predicted octanol–water partition coefficient (Wildman–Crippen LogP) is 2.32. The van der Waals surface area contributed by atoms with Crippen LogP contribution in [-0.4, -0.2) is 48.6 Å². The molecule has 1 saturated heterocycles. The minimum Gasteiger partial charge on any atom is -0.313 e. The molecule has 0 atom stereocenters. The van der Waals surface area contributed by atoms with Crippen molar-refractivity contribution in [3.8, 4) is 0 Å². The first-order valence-electron chi connectivity index (χ1n) is 7.73. The normalized spacial score (nSPS) is 20.2. The standard InChI is InChI=1S/C17H29N3/c1-5-18-12-15-6-8-16(9-7-15)13-20-11-10-19(4)17(2,3)14-20/h6-9,18H,5,10-14H2,1-4H3. The zero-order valence-electron chi connectivity index (χ0n) is 13.4. The van der Waals surface area contributed by atoms with Gasteiger partial charge in [0.25, 0.3) is 0 Å². The molecule has 0 aromatic heterocycles. The molecule has 1 aromatic carbocycles. The van der Waals surface area contributed by atoms with E-state index in [0.717, 1.165) is 32.7 Å². The van der Waals surface area contributed by atoms with Gasteiger partial charge in [0.2, 0.25) is 0 Å². The van der Waals surface area contributed by atoms with E-state index in [9.17, 15) is 0 Å². The van der Waals surface area contributed by atoms with Crippen LogP contribution in [0.15, 0.2) is 24.3 Å². The molecule has 0 unspecified atom stereocenters. The van der Waals surface area contributed by atoms with Crippen LogP contribution in [0.25, 0.3) is 0 Å². The van der Waals surface area contributed by atoms with E-state index in [2.05, 4.69) is 67.2 Å². The van der Waals surface area contributed by atoms with E-state index in [1.54, 1.807) is 0 Å². The maximum absolute atomic E-state index is 3.37. The van der Waals surface area contributed by atoms with E-state index in [4.69, 9.17) is 0 Å². The number of rotatable bonds is 5. The van der Waals surface area contributed by atoms with Crippen LogP contribution in [-0.2, 0) is 13.1 Å². The highest BCUT2D eigenvalue weighted by Gasteiger charge is 2.30. The summed E-state index contributed by atoms with van der Waals surface area (Å²) in [5.41, 5.74) is 3.07. The molecule has 3 heteroatoms. The summed E-state index contributed by atoms with van der Waals surface area (Å²) in [4.78, 5) is 5.03. The minimum atomic E-state index is 0.281. The average Bonchev–Trinajstić information content (AvgIpc) is 2.42. The topological polar surface area (TPSA) is 18.5 Å². The second kappa shape index (κ2) is 6.70. The second-order valence-electron chi connectivity index (χ2n) is 6.54. The van der Waals surface area contributed by atoms with Gasteiger partial charge in [-0.05, 0) is 38.6 Å². The maximum Gasteiger partial charge on any atom is 0.0277 e. The SMILES string of the molecule is CCNCc1ccc(CN2CCN(C)C(C)(C)C2)cc1. The van der Waals surface area contributed by atoms with Crippen molar-refractivity contribution >= 4 is 0 Å². The van der Waals surface area contributed by atoms with Gasteiger partial charge < -0.3 is 5.32 Å². The number of hydrogen-bond donors (Lipinski definition) is 1. The van der Waals surface area contributed by atoms with E-state index in [1.165, 1.54) is 17.7 Å². The van der Waals surface area contributed by atoms with Gasteiger partial charge in [0, 0.05) is 38.3 Å². The van der Waals surface area contributed by atoms with Gasteiger partial charge in [-0.15, -0.1) is 0 Å². The van der Waals surface area contributed by atoms with Gasteiger partial charge in [0.05, 0.1) is 0 Å². The molecule has 1 heterocycles. The number of hydrogen-bond acceptors (Lipinski definition) is 3. The lowest BCUT2D eigenvalue weighted by Gasteiger charge is -2.45. The Hall–Kier alpha value is -0.900. The molecule has 0 aliphatic carbocycles. The third-order valence-corrected chi connectivity index (χ3v) is 4.40. The molecule has 1 N–H and O–H groups in total. The molecular weight excluding hydrogens is 246 g/mol. The Kier molecular flexibility index (Phi) is 5.19. The van der Waals surface area contributed by atoms with Crippen LogP contribution in [0.1, 0.15) is 31.9 Å². The monoisotopic (exact) mass is 275 g/mol. The molecule has 0 saturated carbocycles. The Labute approximate surface area is 124 Å². The summed E-state index contributed by atoms with van der Waals surface area (Å²) in [6.07, 6.45) is 0. The first-order chi connectivity index (χ1) is 9.51. The lowest BCUT2D eigenvalue weighted by atomic mass is 9.99. The Morgan fingerprint density at radius 2 is 1.75 bits per heavy atom. The minimum absolute atomic E-state index is 0.281. The van der Waals surface area contributed by atoms with Crippen molar-refractivity contribution < 1.29 is 0 Å². The molecule has 20 heavy (non-hydrogen) atoms. The van der Waals surface area contributed by atoms with E-state index >= 15 is 0 Å². The summed E-state index contributed by atoms with van der Waals surface area (Å²) < 4.78 is 0. The highest BCUT2D eigenvalue weighted by atomic mass is 15.3. The van der Waals surface area contributed by atoms with Gasteiger partial charge in [-0.1, -0.05) is 31.2 Å². The molecule has 0 radical (unpaired) electrons. The van der Waals surface area contributed by atoms with Gasteiger partial charge in [0.1, 0.15) is 0 Å². The molecule has 0 spiro atoms. The van der Waals surface area contributed by atoms with Crippen LogP contribution in [0.3, 0.4) is 0 Å². The van der Waals surface area contributed by atoms with Crippen molar-refractivity contribution in [3.05, 3.63) is 35.4 Å². The van der Waals surface area contributed by atoms with Crippen LogP contribution in [0.5, 0.6) is 0 Å². The van der Waals surface area contributed by atoms with Crippen LogP contribution >= 0.6 is 0 Å². The van der Waals surface area contributed by atoms with Gasteiger partial charge in [-0.3, -0.25) is 9.80 Å². The first-order valence-corrected chi connectivity index (χ1v) is 7.73. The molecule has 1 aliphatic heterocycles. The zero-order chi connectivity index (χ0) is 14.6. The molecule has 0 amide bonds. The Balaban J connectivity index is 1.90. The zero-order valence-corrected chi connectivity index (χ0v) is 13.4. The van der Waals surface area contributed by atoms with Crippen molar-refractivity contribution in [3.63, 3.8) is 0 Å². The summed E-state index contributed by atoms with van der Waals surface area (Å²) in [6, 6.07) is 9.05. The fourth-order valence-electron chi connectivity index (χ4n) is 2.77. The average molecular weight is 275 g/mol. The molecule has 112 valence electrons. The third-order valence-electron chi connectivity index (χ3n) is 4.40. The summed E-state index contributed by atoms with van der Waals surface area (Å²) in [7, 11) is 2.23. The number of nitrogens with zero attached hydrogens (tertiary/aromatic N) is 2. The van der Waals surface area contributed by atoms with E-state index in [0.29, 0.717) is 0 Å². The van der Waals surface area contributed by atoms with Gasteiger partial charge in [-0.25, -0.2) is 0 Å². The number of benzene rings is 1. The van der Waals surface area contributed by atoms with Gasteiger partial charge >= 0.3 is 0 Å². The van der Waals surface area contributed by atoms with Crippen molar-refractivity contribution in [1.82, 2.24) is 15.1 Å². The van der Waals surface area contributed by atoms with E-state index in [-0.39, 0.29) is 5.54 Å². The Morgan fingerprint density at radius 1 is 1.10 bits per heavy atom. The fourth-order valence-corrected chi connectivity index (χ4v) is 2.77. The van der Waals surface area contributed by atoms with Gasteiger partial charge in [0.15, 0.2) is 0 Å². The molecule has 1 fully saturated rings. The molecule has 3 nitrogen and oxygen atoms in total. The van der Waals surface area contributed by atoms with Crippen molar-refractivity contribution in [2.24, 2.45) is 0 Å². The van der Waals surface area contributed by atoms with Crippen molar-refractivity contribution in [1.29, 1.82) is 0 Å². The predicted molar refractivity (Wildman–Crippen MR) is 85.8 cm³/mol. The number of nitrogens with one attached hydrogen (secondary N) is 1. The molecule has 1 aliphatic rings. The second-order valence-corrected chi connectivity index (χ2v) is 6.54. The fraction of sp³-hybridized carbons (Fsp3) is 0.647. The smallest absolute Gasteiger partial charge is 0.0277 e. The Morgan fingerprint density at radius 3 is 2.35 bits per heavy atom. The van der Waals surface area contributed by atoms with Crippen LogP contribution < -0.4 is 5.32 Å². The highest BCUT2D eigenvalue weighted by molar-refractivity contribution is 5.22.